The maximum atomic E-state index is 12.7. The van der Waals surface area contributed by atoms with Gasteiger partial charge in [0.05, 0.1) is 30.2 Å². The van der Waals surface area contributed by atoms with Gasteiger partial charge in [-0.2, -0.15) is 0 Å². The summed E-state index contributed by atoms with van der Waals surface area (Å²) in [7, 11) is 0. The number of aryl methyl sites for hydroxylation is 1. The normalized spacial score (nSPS) is 20.8. The molecule has 0 aliphatic carbocycles. The zero-order valence-corrected chi connectivity index (χ0v) is 15.5. The van der Waals surface area contributed by atoms with Gasteiger partial charge in [0.25, 0.3) is 0 Å². The Kier molecular flexibility index (Phi) is 5.38. The van der Waals surface area contributed by atoms with Crippen LogP contribution in [0.2, 0.25) is 0 Å². The molecule has 1 atom stereocenters. The minimum atomic E-state index is -0.0769. The molecule has 2 aliphatic heterocycles. The van der Waals surface area contributed by atoms with Crippen molar-refractivity contribution in [3.63, 3.8) is 0 Å². The Bertz CT molecular complexity index is 779. The van der Waals surface area contributed by atoms with Crippen LogP contribution in [0.3, 0.4) is 0 Å². The third kappa shape index (κ3) is 4.13. The summed E-state index contributed by atoms with van der Waals surface area (Å²) in [5.74, 6) is 1.04. The number of likely N-dealkylation sites (tertiary alicyclic amines) is 1. The molecule has 1 N–H and O–H groups in total. The number of rotatable bonds is 4. The molecule has 0 spiro atoms. The lowest BCUT2D eigenvalue weighted by molar-refractivity contribution is -0.144. The van der Waals surface area contributed by atoms with Crippen molar-refractivity contribution in [2.24, 2.45) is 5.92 Å². The van der Waals surface area contributed by atoms with Crippen LogP contribution in [0.1, 0.15) is 25.1 Å². The predicted molar refractivity (Wildman–Crippen MR) is 101 cm³/mol. The van der Waals surface area contributed by atoms with Gasteiger partial charge in [0.2, 0.25) is 11.8 Å². The number of imidazole rings is 1. The Hall–Kier alpha value is -2.41. The zero-order chi connectivity index (χ0) is 18.6. The highest BCUT2D eigenvalue weighted by Gasteiger charge is 2.31. The van der Waals surface area contributed by atoms with Gasteiger partial charge in [0.1, 0.15) is 5.82 Å². The van der Waals surface area contributed by atoms with Gasteiger partial charge in [0, 0.05) is 39.0 Å². The lowest BCUT2D eigenvalue weighted by Gasteiger charge is -2.36. The standard InChI is InChI=1S/C20H26N4O3/c25-19(8-7-18-21-16-5-1-2-6-17(16)22-18)24-9-3-4-15(14-24)20(26)23-10-12-27-13-11-23/h1-2,5-6,15H,3-4,7-14H2,(H,21,22). The molecule has 7 nitrogen and oxygen atoms in total. The quantitative estimate of drug-likeness (QED) is 0.887. The number of hydrogen-bond donors (Lipinski definition) is 1. The van der Waals surface area contributed by atoms with Crippen molar-refractivity contribution >= 4 is 22.8 Å². The van der Waals surface area contributed by atoms with Gasteiger partial charge < -0.3 is 19.5 Å². The van der Waals surface area contributed by atoms with E-state index in [4.69, 9.17) is 4.74 Å². The van der Waals surface area contributed by atoms with Crippen LogP contribution < -0.4 is 0 Å². The Balaban J connectivity index is 1.32. The lowest BCUT2D eigenvalue weighted by atomic mass is 9.96. The second kappa shape index (κ2) is 8.08. The molecule has 2 aliphatic rings. The molecule has 2 saturated heterocycles. The number of benzene rings is 1. The van der Waals surface area contributed by atoms with Crippen molar-refractivity contribution in [3.05, 3.63) is 30.1 Å². The van der Waals surface area contributed by atoms with E-state index in [1.165, 1.54) is 0 Å². The number of aromatic amines is 1. The number of H-pyrrole nitrogens is 1. The number of nitrogens with one attached hydrogen (secondary N) is 1. The number of ether oxygens (including phenoxy) is 1. The third-order valence-corrected chi connectivity index (χ3v) is 5.46. The number of fused-ring (bicyclic) bond motifs is 1. The number of nitrogens with zero attached hydrogens (tertiary/aromatic N) is 3. The monoisotopic (exact) mass is 370 g/mol. The number of carbonyl (C=O) groups is 2. The Morgan fingerprint density at radius 2 is 1.96 bits per heavy atom. The Morgan fingerprint density at radius 1 is 1.15 bits per heavy atom. The van der Waals surface area contributed by atoms with E-state index >= 15 is 0 Å². The van der Waals surface area contributed by atoms with E-state index in [9.17, 15) is 9.59 Å². The fraction of sp³-hybridized carbons (Fsp3) is 0.550. The molecule has 2 fully saturated rings. The fourth-order valence-corrected chi connectivity index (χ4v) is 3.95. The van der Waals surface area contributed by atoms with Gasteiger partial charge in [-0.05, 0) is 25.0 Å². The summed E-state index contributed by atoms with van der Waals surface area (Å²) in [5, 5.41) is 0. The molecule has 4 rings (SSSR count). The van der Waals surface area contributed by atoms with Crippen molar-refractivity contribution in [1.82, 2.24) is 19.8 Å². The summed E-state index contributed by atoms with van der Waals surface area (Å²) in [5.41, 5.74) is 1.92. The van der Waals surface area contributed by atoms with Gasteiger partial charge in [-0.15, -0.1) is 0 Å². The first-order valence-electron chi connectivity index (χ1n) is 9.78. The van der Waals surface area contributed by atoms with E-state index in [1.807, 2.05) is 34.1 Å². The Labute approximate surface area is 158 Å². The highest BCUT2D eigenvalue weighted by Crippen LogP contribution is 2.21. The first-order chi connectivity index (χ1) is 13.2. The highest BCUT2D eigenvalue weighted by atomic mass is 16.5. The minimum Gasteiger partial charge on any atom is -0.378 e. The van der Waals surface area contributed by atoms with E-state index < -0.39 is 0 Å². The van der Waals surface area contributed by atoms with Crippen molar-refractivity contribution in [3.8, 4) is 0 Å². The number of piperidine rings is 1. The molecule has 0 radical (unpaired) electrons. The Morgan fingerprint density at radius 3 is 2.78 bits per heavy atom. The van der Waals surface area contributed by atoms with Gasteiger partial charge in [0.15, 0.2) is 0 Å². The second-order valence-electron chi connectivity index (χ2n) is 7.32. The van der Waals surface area contributed by atoms with Crippen LogP contribution in [0.15, 0.2) is 24.3 Å². The van der Waals surface area contributed by atoms with Crippen LogP contribution >= 0.6 is 0 Å². The van der Waals surface area contributed by atoms with Crippen LogP contribution in [-0.2, 0) is 20.7 Å². The number of hydrogen-bond acceptors (Lipinski definition) is 4. The maximum Gasteiger partial charge on any atom is 0.227 e. The van der Waals surface area contributed by atoms with Crippen LogP contribution in [0.4, 0.5) is 0 Å². The first kappa shape index (κ1) is 18.0. The van der Waals surface area contributed by atoms with E-state index in [2.05, 4.69) is 9.97 Å². The largest absolute Gasteiger partial charge is 0.378 e. The fourth-order valence-electron chi connectivity index (χ4n) is 3.95. The number of aromatic nitrogens is 2. The van der Waals surface area contributed by atoms with Crippen molar-refractivity contribution in [2.45, 2.75) is 25.7 Å². The third-order valence-electron chi connectivity index (χ3n) is 5.46. The summed E-state index contributed by atoms with van der Waals surface area (Å²) in [6.45, 7) is 3.82. The summed E-state index contributed by atoms with van der Waals surface area (Å²) in [6.07, 6.45) is 2.76. The topological polar surface area (TPSA) is 78.5 Å². The predicted octanol–water partition coefficient (Wildman–Crippen LogP) is 1.59. The van der Waals surface area contributed by atoms with E-state index in [0.29, 0.717) is 45.7 Å². The molecule has 2 amide bonds. The SMILES string of the molecule is O=C(CCc1nc2ccccc2[nH]1)N1CCCC(C(=O)N2CCOCC2)C1. The van der Waals surface area contributed by atoms with E-state index in [0.717, 1.165) is 36.2 Å². The zero-order valence-electron chi connectivity index (χ0n) is 15.5. The molecule has 27 heavy (non-hydrogen) atoms. The lowest BCUT2D eigenvalue weighted by Crippen LogP contribution is -2.49. The summed E-state index contributed by atoms with van der Waals surface area (Å²) >= 11 is 0. The van der Waals surface area contributed by atoms with Crippen molar-refractivity contribution < 1.29 is 14.3 Å². The molecule has 1 aromatic heterocycles. The molecule has 7 heteroatoms. The molecular weight excluding hydrogens is 344 g/mol. The molecule has 3 heterocycles. The number of morpholine rings is 1. The van der Waals surface area contributed by atoms with Gasteiger partial charge in [-0.25, -0.2) is 4.98 Å². The summed E-state index contributed by atoms with van der Waals surface area (Å²) in [6, 6.07) is 7.87. The van der Waals surface area contributed by atoms with E-state index in [1.54, 1.807) is 0 Å². The summed E-state index contributed by atoms with van der Waals surface area (Å²) in [4.78, 5) is 36.9. The smallest absolute Gasteiger partial charge is 0.227 e. The van der Waals surface area contributed by atoms with Crippen molar-refractivity contribution in [1.29, 1.82) is 0 Å². The van der Waals surface area contributed by atoms with Crippen LogP contribution in [0.5, 0.6) is 0 Å². The first-order valence-corrected chi connectivity index (χ1v) is 9.78. The molecule has 0 saturated carbocycles. The van der Waals surface area contributed by atoms with Gasteiger partial charge in [-0.3, -0.25) is 9.59 Å². The van der Waals surface area contributed by atoms with Gasteiger partial charge >= 0.3 is 0 Å². The van der Waals surface area contributed by atoms with Crippen LogP contribution in [-0.4, -0.2) is 71.0 Å². The van der Waals surface area contributed by atoms with E-state index in [-0.39, 0.29) is 17.7 Å². The molecular formula is C20H26N4O3. The molecule has 144 valence electrons. The average Bonchev–Trinajstić information content (AvgIpc) is 3.15. The summed E-state index contributed by atoms with van der Waals surface area (Å²) < 4.78 is 5.33. The minimum absolute atomic E-state index is 0.0769. The molecule has 1 unspecified atom stereocenters. The molecule has 2 aromatic rings. The van der Waals surface area contributed by atoms with Gasteiger partial charge in [-0.1, -0.05) is 12.1 Å². The van der Waals surface area contributed by atoms with Crippen LogP contribution in [0, 0.1) is 5.92 Å². The number of amides is 2. The maximum absolute atomic E-state index is 12.7. The second-order valence-corrected chi connectivity index (χ2v) is 7.32. The number of carbonyl (C=O) groups excluding carboxylic acids is 2. The van der Waals surface area contributed by atoms with Crippen LogP contribution in [0.25, 0.3) is 11.0 Å². The highest BCUT2D eigenvalue weighted by molar-refractivity contribution is 5.81. The molecule has 1 aromatic carbocycles. The average molecular weight is 370 g/mol. The van der Waals surface area contributed by atoms with Crippen molar-refractivity contribution in [2.75, 3.05) is 39.4 Å². The molecule has 0 bridgehead atoms. The number of para-hydroxylation sites is 2.